The molecule has 0 unspecified atom stereocenters. The van der Waals surface area contributed by atoms with Crippen molar-refractivity contribution in [1.29, 1.82) is 0 Å². The van der Waals surface area contributed by atoms with Crippen LogP contribution in [0.5, 0.6) is 0 Å². The topological polar surface area (TPSA) is 66.5 Å². The maximum Gasteiger partial charge on any atom is 0.240 e. The first kappa shape index (κ1) is 22.9. The molecule has 0 heterocycles. The lowest BCUT2D eigenvalue weighted by atomic mass is 10.2. The van der Waals surface area contributed by atoms with Gasteiger partial charge >= 0.3 is 0 Å². The molecule has 0 fully saturated rings. The Balaban J connectivity index is 1.89. The van der Waals surface area contributed by atoms with Crippen molar-refractivity contribution in [2.24, 2.45) is 0 Å². The van der Waals surface area contributed by atoms with Crippen LogP contribution >= 0.6 is 35.0 Å². The van der Waals surface area contributed by atoms with E-state index >= 15 is 0 Å². The van der Waals surface area contributed by atoms with Gasteiger partial charge in [-0.05, 0) is 36.2 Å². The van der Waals surface area contributed by atoms with Gasteiger partial charge in [-0.1, -0.05) is 47.5 Å². The zero-order chi connectivity index (χ0) is 20.7. The van der Waals surface area contributed by atoms with Gasteiger partial charge in [0.15, 0.2) is 0 Å². The molecule has 1 N–H and O–H groups in total. The number of benzene rings is 2. The molecule has 1 amide bonds. The Bertz CT molecular complexity index is 937. The number of halogens is 2. The minimum Gasteiger partial charge on any atom is -0.354 e. The maximum absolute atomic E-state index is 12.3. The molecule has 9 heteroatoms. The molecule has 28 heavy (non-hydrogen) atoms. The number of sulfonamides is 1. The summed E-state index contributed by atoms with van der Waals surface area (Å²) < 4.78 is 25.4. The number of carbonyl (C=O) groups is 1. The molecule has 0 spiro atoms. The summed E-state index contributed by atoms with van der Waals surface area (Å²) in [6.45, 7) is 1.91. The second kappa shape index (κ2) is 10.4. The third-order valence-corrected chi connectivity index (χ3v) is 6.65. The molecule has 0 saturated carbocycles. The summed E-state index contributed by atoms with van der Waals surface area (Å²) in [5.41, 5.74) is 2.16. The standard InChI is InChI=1S/C19H22Cl2N2O3S2/c1-14-7-8-16(20)11-18(14)23(28(2,25)26)12-19(24)22-9-10-27-13-15-5-3-4-6-17(15)21/h3-8,11H,9-10,12-13H2,1-2H3,(H,22,24). The molecule has 0 saturated heterocycles. The number of amides is 1. The summed E-state index contributed by atoms with van der Waals surface area (Å²) in [7, 11) is -3.63. The Hall–Kier alpha value is -1.41. The van der Waals surface area contributed by atoms with Crippen molar-refractivity contribution in [2.45, 2.75) is 12.7 Å². The van der Waals surface area contributed by atoms with E-state index in [1.54, 1.807) is 36.9 Å². The lowest BCUT2D eigenvalue weighted by molar-refractivity contribution is -0.119. The molecule has 2 aromatic rings. The van der Waals surface area contributed by atoms with E-state index in [0.717, 1.165) is 32.5 Å². The van der Waals surface area contributed by atoms with Crippen LogP contribution in [0.25, 0.3) is 0 Å². The highest BCUT2D eigenvalue weighted by molar-refractivity contribution is 7.98. The van der Waals surface area contributed by atoms with Crippen LogP contribution in [0, 0.1) is 6.92 Å². The molecule has 0 aliphatic rings. The lowest BCUT2D eigenvalue weighted by Gasteiger charge is -2.23. The van der Waals surface area contributed by atoms with Gasteiger partial charge in [0.1, 0.15) is 6.54 Å². The van der Waals surface area contributed by atoms with Crippen molar-refractivity contribution in [3.8, 4) is 0 Å². The van der Waals surface area contributed by atoms with Crippen molar-refractivity contribution in [2.75, 3.05) is 29.4 Å². The fourth-order valence-electron chi connectivity index (χ4n) is 2.48. The van der Waals surface area contributed by atoms with E-state index in [2.05, 4.69) is 5.32 Å². The average molecular weight is 461 g/mol. The lowest BCUT2D eigenvalue weighted by Crippen LogP contribution is -2.41. The van der Waals surface area contributed by atoms with E-state index in [4.69, 9.17) is 23.2 Å². The van der Waals surface area contributed by atoms with Gasteiger partial charge < -0.3 is 5.32 Å². The van der Waals surface area contributed by atoms with Gasteiger partial charge in [0.2, 0.25) is 15.9 Å². The predicted octanol–water partition coefficient (Wildman–Crippen LogP) is 4.12. The fraction of sp³-hybridized carbons (Fsp3) is 0.316. The van der Waals surface area contributed by atoms with Gasteiger partial charge in [0.05, 0.1) is 11.9 Å². The summed E-state index contributed by atoms with van der Waals surface area (Å²) in [4.78, 5) is 12.3. The number of carbonyl (C=O) groups excluding carboxylic acids is 1. The van der Waals surface area contributed by atoms with E-state index in [9.17, 15) is 13.2 Å². The highest BCUT2D eigenvalue weighted by Gasteiger charge is 2.22. The van der Waals surface area contributed by atoms with Gasteiger partial charge in [-0.3, -0.25) is 9.10 Å². The normalized spacial score (nSPS) is 11.3. The first-order chi connectivity index (χ1) is 13.2. The van der Waals surface area contributed by atoms with E-state index in [1.165, 1.54) is 0 Å². The number of anilines is 1. The predicted molar refractivity (Wildman–Crippen MR) is 119 cm³/mol. The van der Waals surface area contributed by atoms with E-state index in [0.29, 0.717) is 23.0 Å². The average Bonchev–Trinajstić information content (AvgIpc) is 2.62. The van der Waals surface area contributed by atoms with Crippen LogP contribution < -0.4 is 9.62 Å². The molecular formula is C19H22Cl2N2O3S2. The Labute approximate surface area is 180 Å². The first-order valence-electron chi connectivity index (χ1n) is 8.50. The molecule has 2 aromatic carbocycles. The Morgan fingerprint density at radius 1 is 1.18 bits per heavy atom. The molecule has 2 rings (SSSR count). The van der Waals surface area contributed by atoms with Gasteiger partial charge in [0.25, 0.3) is 0 Å². The second-order valence-electron chi connectivity index (χ2n) is 6.19. The Morgan fingerprint density at radius 3 is 2.57 bits per heavy atom. The summed E-state index contributed by atoms with van der Waals surface area (Å²) in [6.07, 6.45) is 1.07. The molecule has 0 bridgehead atoms. The van der Waals surface area contributed by atoms with E-state index in [1.807, 2.05) is 24.3 Å². The molecule has 0 atom stereocenters. The minimum atomic E-state index is -3.63. The fourth-order valence-corrected chi connectivity index (χ4v) is 4.70. The first-order valence-corrected chi connectivity index (χ1v) is 12.3. The number of hydrogen-bond acceptors (Lipinski definition) is 4. The molecular weight excluding hydrogens is 439 g/mol. The van der Waals surface area contributed by atoms with Crippen LogP contribution in [-0.4, -0.2) is 39.4 Å². The third-order valence-electron chi connectivity index (χ3n) is 3.91. The molecule has 0 radical (unpaired) electrons. The van der Waals surface area contributed by atoms with Crippen molar-refractivity contribution in [3.05, 3.63) is 63.6 Å². The number of nitrogens with zero attached hydrogens (tertiary/aromatic N) is 1. The van der Waals surface area contributed by atoms with Crippen molar-refractivity contribution < 1.29 is 13.2 Å². The number of hydrogen-bond donors (Lipinski definition) is 1. The zero-order valence-corrected chi connectivity index (χ0v) is 18.8. The SMILES string of the molecule is Cc1ccc(Cl)cc1N(CC(=O)NCCSCc1ccccc1Cl)S(C)(=O)=O. The van der Waals surface area contributed by atoms with Gasteiger partial charge in [-0.2, -0.15) is 11.8 Å². The highest BCUT2D eigenvalue weighted by atomic mass is 35.5. The summed E-state index contributed by atoms with van der Waals surface area (Å²) in [5, 5.41) is 3.89. The van der Waals surface area contributed by atoms with Crippen LogP contribution in [0.1, 0.15) is 11.1 Å². The van der Waals surface area contributed by atoms with Gasteiger partial charge in [-0.25, -0.2) is 8.42 Å². The Kier molecular flexibility index (Phi) is 8.49. The zero-order valence-electron chi connectivity index (χ0n) is 15.6. The minimum absolute atomic E-state index is 0.296. The van der Waals surface area contributed by atoms with Crippen LogP contribution in [0.4, 0.5) is 5.69 Å². The number of rotatable bonds is 9. The van der Waals surface area contributed by atoms with E-state index in [-0.39, 0.29) is 12.5 Å². The van der Waals surface area contributed by atoms with Crippen molar-refractivity contribution in [1.82, 2.24) is 5.32 Å². The summed E-state index contributed by atoms with van der Waals surface area (Å²) >= 11 is 13.7. The largest absolute Gasteiger partial charge is 0.354 e. The van der Waals surface area contributed by atoms with Crippen molar-refractivity contribution in [3.63, 3.8) is 0 Å². The second-order valence-corrected chi connectivity index (χ2v) is 10.1. The molecule has 0 aliphatic heterocycles. The van der Waals surface area contributed by atoms with Crippen LogP contribution in [0.3, 0.4) is 0 Å². The van der Waals surface area contributed by atoms with Crippen LogP contribution in [0.15, 0.2) is 42.5 Å². The van der Waals surface area contributed by atoms with Crippen LogP contribution in [-0.2, 0) is 20.6 Å². The molecule has 152 valence electrons. The van der Waals surface area contributed by atoms with Crippen LogP contribution in [0.2, 0.25) is 10.0 Å². The van der Waals surface area contributed by atoms with Gasteiger partial charge in [0, 0.05) is 28.1 Å². The third kappa shape index (κ3) is 6.88. The van der Waals surface area contributed by atoms with E-state index < -0.39 is 10.0 Å². The quantitative estimate of drug-likeness (QED) is 0.571. The maximum atomic E-state index is 12.3. The van der Waals surface area contributed by atoms with Gasteiger partial charge in [-0.15, -0.1) is 0 Å². The van der Waals surface area contributed by atoms with Crippen molar-refractivity contribution >= 4 is 56.6 Å². The molecule has 0 aliphatic carbocycles. The Morgan fingerprint density at radius 2 is 1.89 bits per heavy atom. The molecule has 0 aromatic heterocycles. The molecule has 5 nitrogen and oxygen atoms in total. The monoisotopic (exact) mass is 460 g/mol. The number of thioether (sulfide) groups is 1. The summed E-state index contributed by atoms with van der Waals surface area (Å²) in [6, 6.07) is 12.6. The smallest absolute Gasteiger partial charge is 0.240 e. The number of aryl methyl sites for hydroxylation is 1. The number of nitrogens with one attached hydrogen (secondary N) is 1. The summed E-state index contributed by atoms with van der Waals surface area (Å²) in [5.74, 6) is 1.06. The highest BCUT2D eigenvalue weighted by Crippen LogP contribution is 2.26.